The largest absolute Gasteiger partial charge is 0.507 e. The minimum atomic E-state index is 0.169. The Morgan fingerprint density at radius 1 is 1.06 bits per heavy atom. The van der Waals surface area contributed by atoms with E-state index in [9.17, 15) is 5.11 Å². The summed E-state index contributed by atoms with van der Waals surface area (Å²) in [5, 5.41) is 27.9. The van der Waals surface area contributed by atoms with Crippen LogP contribution in [0.15, 0.2) is 36.7 Å². The second-order valence-electron chi connectivity index (χ2n) is 9.56. The number of piperidine rings is 2. The molecule has 2 bridgehead atoms. The van der Waals surface area contributed by atoms with Crippen molar-refractivity contribution in [2.45, 2.75) is 56.7 Å². The highest BCUT2D eigenvalue weighted by Crippen LogP contribution is 2.39. The number of nitrogens with zero attached hydrogens (tertiary/aromatic N) is 5. The molecule has 3 aromatic rings. The van der Waals surface area contributed by atoms with Gasteiger partial charge in [0, 0.05) is 55.1 Å². The summed E-state index contributed by atoms with van der Waals surface area (Å²) in [4.78, 5) is 2.43. The zero-order valence-electron chi connectivity index (χ0n) is 18.9. The number of hydrogen-bond donors (Lipinski definition) is 2. The average Bonchev–Trinajstić information content (AvgIpc) is 3.14. The normalized spacial score (nSPS) is 24.6. The first-order valence-electron chi connectivity index (χ1n) is 12.0. The molecule has 0 amide bonds. The minimum absolute atomic E-state index is 0.169. The lowest BCUT2D eigenvalue weighted by Crippen LogP contribution is -2.55. The summed E-state index contributed by atoms with van der Waals surface area (Å²) in [7, 11) is 1.88. The summed E-state index contributed by atoms with van der Waals surface area (Å²) < 4.78 is 7.86. The molecule has 8 heteroatoms. The Hall–Kier alpha value is -3.13. The molecule has 0 aliphatic carbocycles. The first kappa shape index (κ1) is 20.5. The lowest BCUT2D eigenvalue weighted by molar-refractivity contribution is 0.216. The third kappa shape index (κ3) is 3.93. The number of aromatic nitrogens is 4. The molecule has 5 heterocycles. The Kier molecular flexibility index (Phi) is 5.17. The van der Waals surface area contributed by atoms with Gasteiger partial charge < -0.3 is 20.1 Å². The van der Waals surface area contributed by atoms with E-state index in [1.54, 1.807) is 16.9 Å². The Bertz CT molecular complexity index is 1150. The van der Waals surface area contributed by atoms with Crippen molar-refractivity contribution in [3.05, 3.63) is 36.7 Å². The number of ether oxygens (including phenoxy) is 1. The molecule has 0 spiro atoms. The van der Waals surface area contributed by atoms with Crippen molar-refractivity contribution in [1.29, 1.82) is 0 Å². The molecular formula is C25H30N6O2. The smallest absolute Gasteiger partial charge is 0.194 e. The van der Waals surface area contributed by atoms with Crippen LogP contribution in [0.4, 0.5) is 5.82 Å². The minimum Gasteiger partial charge on any atom is -0.507 e. The summed E-state index contributed by atoms with van der Waals surface area (Å²) in [6.45, 7) is 1.61. The van der Waals surface area contributed by atoms with Crippen molar-refractivity contribution in [3.8, 4) is 33.9 Å². The van der Waals surface area contributed by atoms with Crippen LogP contribution >= 0.6 is 0 Å². The van der Waals surface area contributed by atoms with Crippen molar-refractivity contribution in [3.63, 3.8) is 0 Å². The number of benzene rings is 1. The molecule has 1 aromatic carbocycles. The van der Waals surface area contributed by atoms with E-state index in [0.29, 0.717) is 36.0 Å². The van der Waals surface area contributed by atoms with Crippen molar-refractivity contribution in [2.24, 2.45) is 7.05 Å². The zero-order chi connectivity index (χ0) is 22.4. The van der Waals surface area contributed by atoms with Gasteiger partial charge in [0.15, 0.2) is 11.6 Å². The molecule has 3 atom stereocenters. The van der Waals surface area contributed by atoms with Gasteiger partial charge in [-0.2, -0.15) is 5.10 Å². The van der Waals surface area contributed by atoms with Crippen molar-refractivity contribution >= 4 is 5.82 Å². The first-order chi connectivity index (χ1) is 16.1. The van der Waals surface area contributed by atoms with Crippen LogP contribution in [0.3, 0.4) is 0 Å². The number of anilines is 1. The average molecular weight is 447 g/mol. The van der Waals surface area contributed by atoms with Crippen LogP contribution in [0, 0.1) is 0 Å². The molecule has 3 aliphatic rings. The molecule has 0 radical (unpaired) electrons. The number of phenols is 1. The van der Waals surface area contributed by atoms with Gasteiger partial charge in [-0.15, -0.1) is 10.2 Å². The quantitative estimate of drug-likeness (QED) is 0.636. The van der Waals surface area contributed by atoms with E-state index in [4.69, 9.17) is 4.74 Å². The van der Waals surface area contributed by atoms with Crippen LogP contribution in [0.2, 0.25) is 0 Å². The predicted molar refractivity (Wildman–Crippen MR) is 126 cm³/mol. The molecule has 33 heavy (non-hydrogen) atoms. The molecule has 2 saturated heterocycles. The molecule has 3 aliphatic heterocycles. The third-order valence-corrected chi connectivity index (χ3v) is 7.26. The monoisotopic (exact) mass is 446 g/mol. The maximum atomic E-state index is 10.8. The molecular weight excluding hydrogens is 416 g/mol. The van der Waals surface area contributed by atoms with Gasteiger partial charge in [-0.25, -0.2) is 0 Å². The summed E-state index contributed by atoms with van der Waals surface area (Å²) in [5.74, 6) is 1.77. The number of rotatable bonds is 3. The van der Waals surface area contributed by atoms with E-state index >= 15 is 0 Å². The van der Waals surface area contributed by atoms with Crippen molar-refractivity contribution in [1.82, 2.24) is 25.3 Å². The Labute approximate surface area is 193 Å². The van der Waals surface area contributed by atoms with Gasteiger partial charge in [0.25, 0.3) is 0 Å². The first-order valence-corrected chi connectivity index (χ1v) is 12.0. The lowest BCUT2D eigenvalue weighted by atomic mass is 9.83. The molecule has 8 nitrogen and oxygen atoms in total. The molecule has 172 valence electrons. The second kappa shape index (κ2) is 8.33. The SMILES string of the molecule is Cn1cc(-c2ccc(-c3cc4c(nn3)N(C3CC5CCC[C@@H](C3)N5)CCCO4)c(O)c2)cn1. The standard InChI is InChI=1S/C25H30N6O2/c1-30-15-17(14-26-30)16-6-7-21(23(32)10-16)22-13-24-25(29-28-22)31(8-3-9-33-24)20-11-18-4-2-5-19(12-20)27-18/h6-7,10,13-15,18-20,27,32H,2-5,8-9,11-12H2,1H3/t18-,19?,20?/m0/s1. The fourth-order valence-corrected chi connectivity index (χ4v) is 5.67. The Balaban J connectivity index is 1.30. The Morgan fingerprint density at radius 2 is 1.91 bits per heavy atom. The molecule has 2 fully saturated rings. The van der Waals surface area contributed by atoms with Crippen LogP contribution in [0.5, 0.6) is 11.5 Å². The van der Waals surface area contributed by atoms with Crippen LogP contribution in [0.25, 0.3) is 22.4 Å². The van der Waals surface area contributed by atoms with Gasteiger partial charge in [0.05, 0.1) is 12.8 Å². The lowest BCUT2D eigenvalue weighted by Gasteiger charge is -2.44. The molecule has 2 aromatic heterocycles. The summed E-state index contributed by atoms with van der Waals surface area (Å²) in [5.41, 5.74) is 3.13. The van der Waals surface area contributed by atoms with Gasteiger partial charge in [0.1, 0.15) is 11.4 Å². The number of aryl methyl sites for hydroxylation is 1. The van der Waals surface area contributed by atoms with E-state index in [2.05, 4.69) is 25.5 Å². The highest BCUT2D eigenvalue weighted by atomic mass is 16.5. The van der Waals surface area contributed by atoms with Gasteiger partial charge in [-0.05, 0) is 49.8 Å². The van der Waals surface area contributed by atoms with E-state index < -0.39 is 0 Å². The van der Waals surface area contributed by atoms with Gasteiger partial charge in [-0.3, -0.25) is 4.68 Å². The highest BCUT2D eigenvalue weighted by molar-refractivity contribution is 5.75. The number of hydrogen-bond acceptors (Lipinski definition) is 7. The van der Waals surface area contributed by atoms with Crippen LogP contribution in [-0.4, -0.2) is 56.4 Å². The second-order valence-corrected chi connectivity index (χ2v) is 9.56. The highest BCUT2D eigenvalue weighted by Gasteiger charge is 2.36. The number of aromatic hydroxyl groups is 1. The molecule has 2 N–H and O–H groups in total. The zero-order valence-corrected chi connectivity index (χ0v) is 18.9. The Morgan fingerprint density at radius 3 is 2.67 bits per heavy atom. The van der Waals surface area contributed by atoms with Gasteiger partial charge in [-0.1, -0.05) is 12.5 Å². The van der Waals surface area contributed by atoms with Crippen LogP contribution in [-0.2, 0) is 7.05 Å². The van der Waals surface area contributed by atoms with Gasteiger partial charge in [0.2, 0.25) is 0 Å². The van der Waals surface area contributed by atoms with E-state index in [1.807, 2.05) is 31.4 Å². The number of nitrogens with one attached hydrogen (secondary N) is 1. The molecule has 6 rings (SSSR count). The van der Waals surface area contributed by atoms with Crippen molar-refractivity contribution < 1.29 is 9.84 Å². The summed E-state index contributed by atoms with van der Waals surface area (Å²) in [6.07, 6.45) is 10.8. The maximum absolute atomic E-state index is 10.8. The van der Waals surface area contributed by atoms with Crippen molar-refractivity contribution in [2.75, 3.05) is 18.1 Å². The van der Waals surface area contributed by atoms with Crippen LogP contribution in [0.1, 0.15) is 38.5 Å². The third-order valence-electron chi connectivity index (χ3n) is 7.26. The molecule has 0 saturated carbocycles. The van der Waals surface area contributed by atoms with E-state index in [1.165, 1.54) is 19.3 Å². The van der Waals surface area contributed by atoms with E-state index in [-0.39, 0.29) is 5.75 Å². The topological polar surface area (TPSA) is 88.3 Å². The van der Waals surface area contributed by atoms with E-state index in [0.717, 1.165) is 48.5 Å². The fraction of sp³-hybridized carbons (Fsp3) is 0.480. The van der Waals surface area contributed by atoms with Crippen LogP contribution < -0.4 is 15.0 Å². The number of fused-ring (bicyclic) bond motifs is 3. The number of phenolic OH excluding ortho intramolecular Hbond substituents is 1. The van der Waals surface area contributed by atoms with Gasteiger partial charge >= 0.3 is 0 Å². The predicted octanol–water partition coefficient (Wildman–Crippen LogP) is 3.51. The maximum Gasteiger partial charge on any atom is 0.194 e. The summed E-state index contributed by atoms with van der Waals surface area (Å²) >= 11 is 0. The fourth-order valence-electron chi connectivity index (χ4n) is 5.67. The summed E-state index contributed by atoms with van der Waals surface area (Å²) in [6, 6.07) is 9.23. The molecule has 2 unspecified atom stereocenters.